The molecule has 0 radical (unpaired) electrons. The summed E-state index contributed by atoms with van der Waals surface area (Å²) in [6.45, 7) is 0. The topological polar surface area (TPSA) is 47.0 Å². The molecule has 1 rings (SSSR count). The molecule has 1 aromatic rings. The van der Waals surface area contributed by atoms with Crippen molar-refractivity contribution in [2.75, 3.05) is 0 Å². The van der Waals surface area contributed by atoms with Crippen molar-refractivity contribution in [3.63, 3.8) is 0 Å². The number of nitrogens with zero attached hydrogens (tertiary/aromatic N) is 1. The van der Waals surface area contributed by atoms with Crippen LogP contribution in [0.4, 0.5) is 8.78 Å². The second kappa shape index (κ2) is 4.59. The Labute approximate surface area is 94.4 Å². The Morgan fingerprint density at radius 2 is 2.07 bits per heavy atom. The first-order chi connectivity index (χ1) is 6.86. The van der Waals surface area contributed by atoms with E-state index in [9.17, 15) is 17.2 Å². The van der Waals surface area contributed by atoms with Crippen molar-refractivity contribution in [3.8, 4) is 0 Å². The summed E-state index contributed by atoms with van der Waals surface area (Å²) in [7, 11) is 0.752. The first-order valence-electron chi connectivity index (χ1n) is 3.64. The Morgan fingerprint density at radius 3 is 2.47 bits per heavy atom. The van der Waals surface area contributed by atoms with Crippen LogP contribution < -0.4 is 0 Å². The number of aromatic nitrogens is 1. The Balaban J connectivity index is 3.41. The largest absolute Gasteiger partial charge is 0.265 e. The third-order valence-corrected chi connectivity index (χ3v) is 3.23. The average molecular weight is 276 g/mol. The quantitative estimate of drug-likeness (QED) is 0.630. The van der Waals surface area contributed by atoms with Crippen LogP contribution in [0.3, 0.4) is 0 Å². The molecule has 0 saturated carbocycles. The molecule has 84 valence electrons. The summed E-state index contributed by atoms with van der Waals surface area (Å²) in [6, 6.07) is 0.924. The highest BCUT2D eigenvalue weighted by Crippen LogP contribution is 2.28. The Bertz CT molecular complexity index is 464. The Morgan fingerprint density at radius 1 is 1.47 bits per heavy atom. The van der Waals surface area contributed by atoms with Gasteiger partial charge in [-0.1, -0.05) is 0 Å². The fourth-order valence-corrected chi connectivity index (χ4v) is 2.09. The van der Waals surface area contributed by atoms with Gasteiger partial charge >= 0.3 is 0 Å². The lowest BCUT2D eigenvalue weighted by molar-refractivity contribution is 0.147. The maximum Gasteiger partial charge on any atom is 0.265 e. The molecule has 0 bridgehead atoms. The number of rotatable bonds is 3. The molecule has 0 saturated heterocycles. The predicted octanol–water partition coefficient (Wildman–Crippen LogP) is 2.69. The molecule has 0 unspecified atom stereocenters. The lowest BCUT2D eigenvalue weighted by Crippen LogP contribution is -2.01. The van der Waals surface area contributed by atoms with Gasteiger partial charge in [-0.15, -0.1) is 11.6 Å². The van der Waals surface area contributed by atoms with E-state index in [1.54, 1.807) is 0 Å². The molecule has 3 nitrogen and oxygen atoms in total. The summed E-state index contributed by atoms with van der Waals surface area (Å²) in [4.78, 5) is 2.89. The van der Waals surface area contributed by atoms with Gasteiger partial charge in [-0.2, -0.15) is 0 Å². The van der Waals surface area contributed by atoms with Gasteiger partial charge in [-0.3, -0.25) is 4.98 Å². The summed E-state index contributed by atoms with van der Waals surface area (Å²) in [6.07, 6.45) is -2.17. The van der Waals surface area contributed by atoms with E-state index in [1.165, 1.54) is 0 Å². The zero-order chi connectivity index (χ0) is 11.6. The van der Waals surface area contributed by atoms with Gasteiger partial charge in [-0.25, -0.2) is 17.2 Å². The lowest BCUT2D eigenvalue weighted by atomic mass is 10.2. The van der Waals surface area contributed by atoms with Crippen LogP contribution in [-0.2, 0) is 14.9 Å². The third-order valence-electron chi connectivity index (χ3n) is 1.59. The number of halogens is 4. The highest BCUT2D eigenvalue weighted by Gasteiger charge is 2.22. The highest BCUT2D eigenvalue weighted by atomic mass is 35.7. The van der Waals surface area contributed by atoms with Gasteiger partial charge in [0.2, 0.25) is 0 Å². The minimum absolute atomic E-state index is 0.0810. The summed E-state index contributed by atoms with van der Waals surface area (Å²) in [5.41, 5.74) is -0.522. The average Bonchev–Trinajstić information content (AvgIpc) is 2.15. The fourth-order valence-electron chi connectivity index (χ4n) is 0.951. The molecular weight excluding hydrogens is 271 g/mol. The van der Waals surface area contributed by atoms with Crippen molar-refractivity contribution in [1.29, 1.82) is 0 Å². The van der Waals surface area contributed by atoms with Gasteiger partial charge < -0.3 is 0 Å². The molecule has 0 spiro atoms. The second-order valence-electron chi connectivity index (χ2n) is 2.59. The van der Waals surface area contributed by atoms with E-state index < -0.39 is 25.9 Å². The Hall–Kier alpha value is -0.460. The van der Waals surface area contributed by atoms with Gasteiger partial charge in [0.1, 0.15) is 4.90 Å². The van der Waals surface area contributed by atoms with Crippen molar-refractivity contribution >= 4 is 31.3 Å². The summed E-state index contributed by atoms with van der Waals surface area (Å²) < 4.78 is 46.8. The van der Waals surface area contributed by atoms with Gasteiger partial charge in [0.15, 0.2) is 0 Å². The molecule has 15 heavy (non-hydrogen) atoms. The summed E-state index contributed by atoms with van der Waals surface area (Å²) in [5.74, 6) is -0.0810. The summed E-state index contributed by atoms with van der Waals surface area (Å²) >= 11 is 5.38. The minimum Gasteiger partial charge on any atom is -0.259 e. The molecule has 0 fully saturated rings. The van der Waals surface area contributed by atoms with Crippen molar-refractivity contribution in [2.45, 2.75) is 17.2 Å². The molecule has 0 amide bonds. The van der Waals surface area contributed by atoms with E-state index in [0.717, 1.165) is 12.3 Å². The SMILES string of the molecule is O=S(=O)(Cl)c1cnc(CCl)cc1C(F)F. The first-order valence-corrected chi connectivity index (χ1v) is 6.48. The minimum atomic E-state index is -4.22. The maximum atomic E-state index is 12.5. The van der Waals surface area contributed by atoms with Gasteiger partial charge in [-0.05, 0) is 6.07 Å². The molecule has 0 aromatic carbocycles. The monoisotopic (exact) mass is 275 g/mol. The van der Waals surface area contributed by atoms with Crippen LogP contribution in [-0.4, -0.2) is 13.4 Å². The van der Waals surface area contributed by atoms with Crippen molar-refractivity contribution in [2.24, 2.45) is 0 Å². The fraction of sp³-hybridized carbons (Fsp3) is 0.286. The summed E-state index contributed by atoms with van der Waals surface area (Å²) in [5, 5.41) is 0. The van der Waals surface area contributed by atoms with Crippen LogP contribution in [0.25, 0.3) is 0 Å². The molecule has 0 N–H and O–H groups in total. The molecular formula is C7H5Cl2F2NO2S. The van der Waals surface area contributed by atoms with Gasteiger partial charge in [0, 0.05) is 22.4 Å². The normalized spacial score (nSPS) is 12.1. The van der Waals surface area contributed by atoms with E-state index in [4.69, 9.17) is 22.3 Å². The molecule has 0 aliphatic rings. The zero-order valence-electron chi connectivity index (χ0n) is 7.12. The first kappa shape index (κ1) is 12.6. The lowest BCUT2D eigenvalue weighted by Gasteiger charge is -2.06. The number of hydrogen-bond donors (Lipinski definition) is 0. The molecule has 0 atom stereocenters. The number of hydrogen-bond acceptors (Lipinski definition) is 3. The molecule has 1 heterocycles. The van der Waals surface area contributed by atoms with Crippen LogP contribution in [0, 0.1) is 0 Å². The van der Waals surface area contributed by atoms with E-state index in [0.29, 0.717) is 0 Å². The maximum absolute atomic E-state index is 12.5. The van der Waals surface area contributed by atoms with E-state index in [2.05, 4.69) is 4.98 Å². The van der Waals surface area contributed by atoms with Crippen LogP contribution >= 0.6 is 22.3 Å². The third kappa shape index (κ3) is 2.99. The Kier molecular flexibility index (Phi) is 3.86. The van der Waals surface area contributed by atoms with Crippen LogP contribution in [0.2, 0.25) is 0 Å². The molecule has 0 aliphatic carbocycles. The van der Waals surface area contributed by atoms with Gasteiger partial charge in [0.05, 0.1) is 11.6 Å². The standard InChI is InChI=1S/C7H5Cl2F2NO2S/c8-2-4-1-5(7(10)11)6(3-12-4)15(9,13)14/h1,3,7H,2H2. The van der Waals surface area contributed by atoms with Crippen molar-refractivity contribution in [1.82, 2.24) is 4.98 Å². The highest BCUT2D eigenvalue weighted by molar-refractivity contribution is 8.13. The van der Waals surface area contributed by atoms with E-state index in [-0.39, 0.29) is 11.6 Å². The predicted molar refractivity (Wildman–Crippen MR) is 51.8 cm³/mol. The van der Waals surface area contributed by atoms with Gasteiger partial charge in [0.25, 0.3) is 15.5 Å². The molecule has 0 aliphatic heterocycles. The van der Waals surface area contributed by atoms with Crippen LogP contribution in [0.1, 0.15) is 17.7 Å². The smallest absolute Gasteiger partial charge is 0.259 e. The van der Waals surface area contributed by atoms with Crippen LogP contribution in [0.5, 0.6) is 0 Å². The van der Waals surface area contributed by atoms with Crippen molar-refractivity contribution < 1.29 is 17.2 Å². The zero-order valence-corrected chi connectivity index (χ0v) is 9.45. The van der Waals surface area contributed by atoms with E-state index >= 15 is 0 Å². The van der Waals surface area contributed by atoms with E-state index in [1.807, 2.05) is 0 Å². The molecule has 8 heteroatoms. The van der Waals surface area contributed by atoms with Crippen LogP contribution in [0.15, 0.2) is 17.2 Å². The second-order valence-corrected chi connectivity index (χ2v) is 5.39. The number of alkyl halides is 3. The number of pyridine rings is 1. The van der Waals surface area contributed by atoms with Crippen molar-refractivity contribution in [3.05, 3.63) is 23.5 Å². The molecule has 1 aromatic heterocycles.